The molecule has 2 N–H and O–H groups in total. The summed E-state index contributed by atoms with van der Waals surface area (Å²) in [5.41, 5.74) is 8.84. The van der Waals surface area contributed by atoms with Crippen LogP contribution in [-0.4, -0.2) is 19.6 Å². The molecule has 0 atom stereocenters. The van der Waals surface area contributed by atoms with E-state index in [-0.39, 0.29) is 0 Å². The van der Waals surface area contributed by atoms with Gasteiger partial charge in [-0.2, -0.15) is 0 Å². The summed E-state index contributed by atoms with van der Waals surface area (Å²) in [6.45, 7) is 0. The van der Waals surface area contributed by atoms with Crippen LogP contribution in [0.3, 0.4) is 0 Å². The highest BCUT2D eigenvalue weighted by Crippen LogP contribution is 2.37. The first kappa shape index (κ1) is 16.7. The second-order valence-corrected chi connectivity index (χ2v) is 7.17. The molecule has 6 nitrogen and oxygen atoms in total. The van der Waals surface area contributed by atoms with Crippen LogP contribution in [0.2, 0.25) is 0 Å². The van der Waals surface area contributed by atoms with E-state index in [0.29, 0.717) is 11.7 Å². The number of hydrogen-bond acceptors (Lipinski definition) is 5. The molecule has 1 fully saturated rings. The van der Waals surface area contributed by atoms with Crippen LogP contribution in [0.1, 0.15) is 37.4 Å². The predicted molar refractivity (Wildman–Crippen MR) is 108 cm³/mol. The Balaban J connectivity index is 1.53. The Hall–Kier alpha value is -3.41. The van der Waals surface area contributed by atoms with Gasteiger partial charge in [-0.15, -0.1) is 10.2 Å². The number of nitrogens with zero attached hydrogens (tertiary/aromatic N) is 4. The standard InChI is InChI=1S/C22H21N5O/c23-21-20-19(25-22(16-6-4-5-7-16)27(20)14-24-26-21)15-10-12-18(13-11-15)28-17-8-2-1-3-9-17/h1-3,8-14,16H,4-7H2,(H2,23,26). The van der Waals surface area contributed by atoms with Crippen molar-refractivity contribution in [2.24, 2.45) is 0 Å². The van der Waals surface area contributed by atoms with E-state index in [9.17, 15) is 0 Å². The number of rotatable bonds is 4. The zero-order valence-corrected chi connectivity index (χ0v) is 15.5. The zero-order chi connectivity index (χ0) is 18.9. The molecule has 1 aliphatic carbocycles. The lowest BCUT2D eigenvalue weighted by Gasteiger charge is -2.07. The van der Waals surface area contributed by atoms with Gasteiger partial charge in [-0.1, -0.05) is 31.0 Å². The van der Waals surface area contributed by atoms with Gasteiger partial charge in [0.1, 0.15) is 34.9 Å². The summed E-state index contributed by atoms with van der Waals surface area (Å²) in [5.74, 6) is 3.48. The Morgan fingerprint density at radius 2 is 1.64 bits per heavy atom. The largest absolute Gasteiger partial charge is 0.457 e. The molecule has 28 heavy (non-hydrogen) atoms. The molecule has 0 spiro atoms. The minimum atomic E-state index is 0.402. The number of benzene rings is 2. The summed E-state index contributed by atoms with van der Waals surface area (Å²) in [6, 6.07) is 17.7. The van der Waals surface area contributed by atoms with Crippen molar-refractivity contribution < 1.29 is 4.74 Å². The maximum atomic E-state index is 6.18. The molecular weight excluding hydrogens is 350 g/mol. The molecular formula is C22H21N5O. The highest BCUT2D eigenvalue weighted by atomic mass is 16.5. The highest BCUT2D eigenvalue weighted by Gasteiger charge is 2.25. The monoisotopic (exact) mass is 371 g/mol. The topological polar surface area (TPSA) is 78.3 Å². The van der Waals surface area contributed by atoms with Gasteiger partial charge < -0.3 is 10.5 Å². The molecule has 0 aliphatic heterocycles. The number of hydrogen-bond donors (Lipinski definition) is 1. The van der Waals surface area contributed by atoms with Crippen LogP contribution in [0.15, 0.2) is 60.9 Å². The van der Waals surface area contributed by atoms with Crippen LogP contribution in [0.25, 0.3) is 16.8 Å². The molecule has 140 valence electrons. The van der Waals surface area contributed by atoms with E-state index in [1.165, 1.54) is 12.8 Å². The van der Waals surface area contributed by atoms with Crippen molar-refractivity contribution in [1.82, 2.24) is 19.6 Å². The van der Waals surface area contributed by atoms with E-state index in [1.807, 2.05) is 59.0 Å². The van der Waals surface area contributed by atoms with Crippen LogP contribution < -0.4 is 10.5 Å². The molecule has 6 heteroatoms. The third-order valence-corrected chi connectivity index (χ3v) is 5.34. The van der Waals surface area contributed by atoms with Gasteiger partial charge >= 0.3 is 0 Å². The van der Waals surface area contributed by atoms with E-state index in [1.54, 1.807) is 6.33 Å². The average Bonchev–Trinajstić information content (AvgIpc) is 3.38. The van der Waals surface area contributed by atoms with Crippen molar-refractivity contribution in [3.8, 4) is 22.8 Å². The lowest BCUT2D eigenvalue weighted by Crippen LogP contribution is -2.03. The van der Waals surface area contributed by atoms with E-state index in [2.05, 4.69) is 10.2 Å². The SMILES string of the molecule is Nc1nncn2c(C3CCCC3)nc(-c3ccc(Oc4ccccc4)cc3)c12. The Bertz CT molecular complexity index is 1100. The second kappa shape index (κ2) is 6.96. The number of imidazole rings is 1. The van der Waals surface area contributed by atoms with Gasteiger partial charge in [0, 0.05) is 11.5 Å². The van der Waals surface area contributed by atoms with Gasteiger partial charge in [0.25, 0.3) is 0 Å². The van der Waals surface area contributed by atoms with Crippen molar-refractivity contribution >= 4 is 11.3 Å². The maximum absolute atomic E-state index is 6.18. The smallest absolute Gasteiger partial charge is 0.172 e. The molecule has 4 aromatic rings. The minimum Gasteiger partial charge on any atom is -0.457 e. The maximum Gasteiger partial charge on any atom is 0.172 e. The van der Waals surface area contributed by atoms with Crippen molar-refractivity contribution in [3.63, 3.8) is 0 Å². The van der Waals surface area contributed by atoms with Gasteiger partial charge in [0.05, 0.1) is 0 Å². The number of para-hydroxylation sites is 1. The number of fused-ring (bicyclic) bond motifs is 1. The molecule has 2 aromatic heterocycles. The van der Waals surface area contributed by atoms with Gasteiger partial charge in [-0.3, -0.25) is 4.40 Å². The molecule has 0 amide bonds. The molecule has 1 aliphatic rings. The lowest BCUT2D eigenvalue weighted by molar-refractivity contribution is 0.483. The van der Waals surface area contributed by atoms with Crippen LogP contribution in [0.5, 0.6) is 11.5 Å². The van der Waals surface area contributed by atoms with Crippen LogP contribution in [0.4, 0.5) is 5.82 Å². The van der Waals surface area contributed by atoms with Crippen molar-refractivity contribution in [2.75, 3.05) is 5.73 Å². The fraction of sp³-hybridized carbons (Fsp3) is 0.227. The van der Waals surface area contributed by atoms with Crippen molar-refractivity contribution in [1.29, 1.82) is 0 Å². The van der Waals surface area contributed by atoms with Crippen LogP contribution in [-0.2, 0) is 0 Å². The first-order chi connectivity index (χ1) is 13.8. The number of anilines is 1. The first-order valence-corrected chi connectivity index (χ1v) is 9.62. The fourth-order valence-electron chi connectivity index (χ4n) is 3.98. The summed E-state index contributed by atoms with van der Waals surface area (Å²) in [4.78, 5) is 4.98. The Labute approximate surface area is 163 Å². The Kier molecular flexibility index (Phi) is 4.16. The van der Waals surface area contributed by atoms with E-state index in [4.69, 9.17) is 15.5 Å². The first-order valence-electron chi connectivity index (χ1n) is 9.62. The van der Waals surface area contributed by atoms with Gasteiger partial charge in [-0.05, 0) is 49.2 Å². The highest BCUT2D eigenvalue weighted by molar-refractivity contribution is 5.85. The third kappa shape index (κ3) is 2.97. The Morgan fingerprint density at radius 1 is 0.929 bits per heavy atom. The quantitative estimate of drug-likeness (QED) is 0.556. The Morgan fingerprint density at radius 3 is 2.39 bits per heavy atom. The average molecular weight is 371 g/mol. The molecule has 0 unspecified atom stereocenters. The van der Waals surface area contributed by atoms with E-state index < -0.39 is 0 Å². The number of aromatic nitrogens is 4. The summed E-state index contributed by atoms with van der Waals surface area (Å²) >= 11 is 0. The summed E-state index contributed by atoms with van der Waals surface area (Å²) < 4.78 is 7.91. The number of nitrogen functional groups attached to an aromatic ring is 1. The van der Waals surface area contributed by atoms with Gasteiger partial charge in [0.15, 0.2) is 5.82 Å². The third-order valence-electron chi connectivity index (χ3n) is 5.34. The normalized spacial score (nSPS) is 14.6. The zero-order valence-electron chi connectivity index (χ0n) is 15.5. The molecule has 0 radical (unpaired) electrons. The second-order valence-electron chi connectivity index (χ2n) is 7.17. The summed E-state index contributed by atoms with van der Waals surface area (Å²) in [7, 11) is 0. The number of ether oxygens (including phenoxy) is 1. The van der Waals surface area contributed by atoms with E-state index >= 15 is 0 Å². The van der Waals surface area contributed by atoms with E-state index in [0.717, 1.165) is 46.9 Å². The van der Waals surface area contributed by atoms with Crippen molar-refractivity contribution in [3.05, 3.63) is 66.7 Å². The van der Waals surface area contributed by atoms with Crippen molar-refractivity contribution in [2.45, 2.75) is 31.6 Å². The fourth-order valence-corrected chi connectivity index (χ4v) is 3.98. The molecule has 1 saturated carbocycles. The summed E-state index contributed by atoms with van der Waals surface area (Å²) in [5, 5.41) is 8.09. The van der Waals surface area contributed by atoms with Gasteiger partial charge in [0.2, 0.25) is 0 Å². The van der Waals surface area contributed by atoms with Crippen LogP contribution in [0, 0.1) is 0 Å². The predicted octanol–water partition coefficient (Wildman–Crippen LogP) is 4.82. The van der Waals surface area contributed by atoms with Gasteiger partial charge in [-0.25, -0.2) is 4.98 Å². The lowest BCUT2D eigenvalue weighted by atomic mass is 10.1. The molecule has 2 aromatic carbocycles. The molecule has 2 heterocycles. The number of nitrogens with two attached hydrogens (primary N) is 1. The molecule has 0 bridgehead atoms. The van der Waals surface area contributed by atoms with Crippen LogP contribution >= 0.6 is 0 Å². The minimum absolute atomic E-state index is 0.402. The summed E-state index contributed by atoms with van der Waals surface area (Å²) in [6.07, 6.45) is 6.53. The molecule has 5 rings (SSSR count). The molecule has 0 saturated heterocycles.